The first-order chi connectivity index (χ1) is 14.6. The maximum absolute atomic E-state index is 11.5. The molecule has 0 radical (unpaired) electrons. The summed E-state index contributed by atoms with van der Waals surface area (Å²) in [5, 5.41) is 11.5. The van der Waals surface area contributed by atoms with E-state index in [4.69, 9.17) is 9.47 Å². The van der Waals surface area contributed by atoms with Crippen molar-refractivity contribution in [2.75, 3.05) is 27.3 Å². The van der Waals surface area contributed by atoms with Crippen molar-refractivity contribution in [2.45, 2.75) is 43.7 Å². The van der Waals surface area contributed by atoms with E-state index in [2.05, 4.69) is 47.4 Å². The summed E-state index contributed by atoms with van der Waals surface area (Å²) in [5.74, 6) is 1.90. The molecule has 4 rings (SSSR count). The van der Waals surface area contributed by atoms with Gasteiger partial charge in [-0.15, -0.1) is 0 Å². The third-order valence-corrected chi connectivity index (χ3v) is 6.88. The number of benzene rings is 2. The third-order valence-electron chi connectivity index (χ3n) is 6.88. The summed E-state index contributed by atoms with van der Waals surface area (Å²) in [4.78, 5) is 2.50. The van der Waals surface area contributed by atoms with E-state index in [1.165, 1.54) is 12.0 Å². The van der Waals surface area contributed by atoms with Crippen molar-refractivity contribution in [3.63, 3.8) is 0 Å². The van der Waals surface area contributed by atoms with Gasteiger partial charge in [0.05, 0.1) is 19.8 Å². The molecule has 0 bridgehead atoms. The minimum Gasteiger partial charge on any atom is -0.497 e. The lowest BCUT2D eigenvalue weighted by atomic mass is 9.66. The van der Waals surface area contributed by atoms with Crippen LogP contribution in [0.5, 0.6) is 11.5 Å². The minimum absolute atomic E-state index is 0.106. The van der Waals surface area contributed by atoms with Crippen LogP contribution in [-0.2, 0) is 0 Å². The van der Waals surface area contributed by atoms with Crippen LogP contribution in [0.3, 0.4) is 0 Å². The molecule has 3 atom stereocenters. The van der Waals surface area contributed by atoms with Gasteiger partial charge in [0, 0.05) is 30.6 Å². The lowest BCUT2D eigenvalue weighted by Crippen LogP contribution is -2.54. The summed E-state index contributed by atoms with van der Waals surface area (Å²) in [5.41, 5.74) is 1.74. The van der Waals surface area contributed by atoms with Gasteiger partial charge in [0.1, 0.15) is 11.5 Å². The molecule has 160 valence electrons. The van der Waals surface area contributed by atoms with Gasteiger partial charge >= 0.3 is 0 Å². The highest BCUT2D eigenvalue weighted by atomic mass is 16.5. The molecule has 2 aromatic rings. The fourth-order valence-corrected chi connectivity index (χ4v) is 5.32. The molecule has 0 aromatic heterocycles. The number of piperidine rings is 1. The molecule has 3 unspecified atom stereocenters. The topological polar surface area (TPSA) is 41.9 Å². The molecule has 0 spiro atoms. The molecule has 0 amide bonds. The van der Waals surface area contributed by atoms with E-state index in [0.29, 0.717) is 0 Å². The maximum Gasteiger partial charge on any atom is 0.123 e. The van der Waals surface area contributed by atoms with Crippen LogP contribution in [0.25, 0.3) is 6.08 Å². The second-order valence-corrected chi connectivity index (χ2v) is 8.57. The highest BCUT2D eigenvalue weighted by Gasteiger charge is 2.49. The predicted molar refractivity (Wildman–Crippen MR) is 121 cm³/mol. The van der Waals surface area contributed by atoms with Crippen molar-refractivity contribution in [3.05, 3.63) is 65.7 Å². The Morgan fingerprint density at radius 3 is 2.67 bits per heavy atom. The van der Waals surface area contributed by atoms with E-state index in [1.54, 1.807) is 14.2 Å². The molecular weight excluding hydrogens is 374 g/mol. The van der Waals surface area contributed by atoms with Crippen molar-refractivity contribution < 1.29 is 14.6 Å². The Hall–Kier alpha value is -2.30. The van der Waals surface area contributed by atoms with E-state index < -0.39 is 5.60 Å². The molecule has 1 saturated heterocycles. The lowest BCUT2D eigenvalue weighted by molar-refractivity contribution is -0.122. The Morgan fingerprint density at radius 1 is 1.07 bits per heavy atom. The number of ether oxygens (including phenoxy) is 2. The Labute approximate surface area is 180 Å². The zero-order valence-electron chi connectivity index (χ0n) is 18.1. The molecule has 2 aliphatic rings. The largest absolute Gasteiger partial charge is 0.497 e. The average molecular weight is 408 g/mol. The van der Waals surface area contributed by atoms with Crippen LogP contribution < -0.4 is 9.47 Å². The monoisotopic (exact) mass is 407 g/mol. The summed E-state index contributed by atoms with van der Waals surface area (Å²) in [6.07, 6.45) is 9.48. The number of hydrogen-bond donors (Lipinski definition) is 1. The Morgan fingerprint density at radius 2 is 1.90 bits per heavy atom. The van der Waals surface area contributed by atoms with Crippen molar-refractivity contribution in [1.82, 2.24) is 4.90 Å². The van der Waals surface area contributed by atoms with E-state index in [0.717, 1.165) is 55.8 Å². The molecule has 1 heterocycles. The summed E-state index contributed by atoms with van der Waals surface area (Å²) < 4.78 is 11.3. The van der Waals surface area contributed by atoms with Gasteiger partial charge in [0.2, 0.25) is 0 Å². The second-order valence-electron chi connectivity index (χ2n) is 8.57. The summed E-state index contributed by atoms with van der Waals surface area (Å²) in [6.45, 7) is 1.71. The van der Waals surface area contributed by atoms with Crippen molar-refractivity contribution in [1.29, 1.82) is 0 Å². The zero-order valence-corrected chi connectivity index (χ0v) is 18.1. The van der Waals surface area contributed by atoms with Crippen molar-refractivity contribution in [3.8, 4) is 11.5 Å². The molecular formula is C26H33NO3. The molecule has 30 heavy (non-hydrogen) atoms. The fraction of sp³-hybridized carbons (Fsp3) is 0.462. The lowest BCUT2D eigenvalue weighted by Gasteiger charge is -2.52. The predicted octanol–water partition coefficient (Wildman–Crippen LogP) is 5.09. The second kappa shape index (κ2) is 9.23. The zero-order chi connectivity index (χ0) is 21.0. The summed E-state index contributed by atoms with van der Waals surface area (Å²) in [7, 11) is 3.42. The van der Waals surface area contributed by atoms with Gasteiger partial charge in [-0.3, -0.25) is 4.90 Å². The normalized spacial score (nSPS) is 27.0. The Kier molecular flexibility index (Phi) is 6.45. The number of methoxy groups -OCH3 is 2. The number of rotatable bonds is 6. The van der Waals surface area contributed by atoms with Crippen LogP contribution in [-0.4, -0.2) is 42.9 Å². The minimum atomic E-state index is -0.587. The Balaban J connectivity index is 1.67. The molecule has 1 aliphatic carbocycles. The molecule has 1 aliphatic heterocycles. The van der Waals surface area contributed by atoms with Crippen molar-refractivity contribution >= 4 is 6.08 Å². The molecule has 2 aromatic carbocycles. The van der Waals surface area contributed by atoms with Crippen molar-refractivity contribution in [2.24, 2.45) is 5.92 Å². The summed E-state index contributed by atoms with van der Waals surface area (Å²) in [6, 6.07) is 16.5. The standard InChI is InChI=1S/C26H33NO3/c1-29-21-13-14-24(30-2)22(19-21)25-23-12-6-7-15-26(23,28)16-18-27(25)17-8-11-20-9-4-3-5-10-20/h3-5,8-11,13-14,19,23,25,28H,6-7,12,15-18H2,1-2H3/b11-8+. The van der Waals surface area contributed by atoms with E-state index in [1.807, 2.05) is 18.2 Å². The number of fused-ring (bicyclic) bond motifs is 1. The van der Waals surface area contributed by atoms with Crippen LogP contribution >= 0.6 is 0 Å². The molecule has 4 nitrogen and oxygen atoms in total. The van der Waals surface area contributed by atoms with Crippen LogP contribution in [0.4, 0.5) is 0 Å². The van der Waals surface area contributed by atoms with Gasteiger partial charge in [-0.2, -0.15) is 0 Å². The average Bonchev–Trinajstić information content (AvgIpc) is 2.79. The molecule has 2 fully saturated rings. The van der Waals surface area contributed by atoms with Crippen LogP contribution in [0.15, 0.2) is 54.6 Å². The van der Waals surface area contributed by atoms with Gasteiger partial charge in [-0.05, 0) is 43.0 Å². The third kappa shape index (κ3) is 4.26. The summed E-state index contributed by atoms with van der Waals surface area (Å²) >= 11 is 0. The van der Waals surface area contributed by atoms with E-state index >= 15 is 0 Å². The van der Waals surface area contributed by atoms with Crippen LogP contribution in [0, 0.1) is 5.92 Å². The van der Waals surface area contributed by atoms with Crippen LogP contribution in [0.1, 0.15) is 49.3 Å². The Bertz CT molecular complexity index is 866. The number of nitrogens with zero attached hydrogens (tertiary/aromatic N) is 1. The van der Waals surface area contributed by atoms with Gasteiger partial charge in [-0.25, -0.2) is 0 Å². The quantitative estimate of drug-likeness (QED) is 0.725. The number of likely N-dealkylation sites (tertiary alicyclic amines) is 1. The van der Waals surface area contributed by atoms with Gasteiger partial charge in [0.25, 0.3) is 0 Å². The van der Waals surface area contributed by atoms with E-state index in [9.17, 15) is 5.11 Å². The molecule has 4 heteroatoms. The first kappa shape index (κ1) is 21.0. The van der Waals surface area contributed by atoms with E-state index in [-0.39, 0.29) is 12.0 Å². The van der Waals surface area contributed by atoms with Gasteiger partial charge < -0.3 is 14.6 Å². The maximum atomic E-state index is 11.5. The highest BCUT2D eigenvalue weighted by Crippen LogP contribution is 2.51. The fourth-order valence-electron chi connectivity index (χ4n) is 5.32. The first-order valence-corrected chi connectivity index (χ1v) is 11.0. The van der Waals surface area contributed by atoms with Crippen LogP contribution in [0.2, 0.25) is 0 Å². The highest BCUT2D eigenvalue weighted by molar-refractivity contribution is 5.49. The SMILES string of the molecule is COc1ccc(OC)c(C2C3CCCCC3(O)CCN2C/C=C/c2ccccc2)c1. The number of aliphatic hydroxyl groups is 1. The van der Waals surface area contributed by atoms with Gasteiger partial charge in [-0.1, -0.05) is 55.3 Å². The molecule has 1 N–H and O–H groups in total. The smallest absolute Gasteiger partial charge is 0.123 e. The number of hydrogen-bond acceptors (Lipinski definition) is 4. The first-order valence-electron chi connectivity index (χ1n) is 11.0. The molecule has 1 saturated carbocycles. The van der Waals surface area contributed by atoms with Gasteiger partial charge in [0.15, 0.2) is 0 Å².